The van der Waals surface area contributed by atoms with E-state index in [2.05, 4.69) is 22.2 Å². The molecule has 0 saturated carbocycles. The van der Waals surface area contributed by atoms with Crippen LogP contribution in [0.4, 0.5) is 0 Å². The Hall–Kier alpha value is -0.960. The summed E-state index contributed by atoms with van der Waals surface area (Å²) in [6.45, 7) is 4.39. The average molecular weight is 205 g/mol. The molecule has 0 bridgehead atoms. The van der Waals surface area contributed by atoms with Crippen molar-refractivity contribution in [2.75, 3.05) is 13.1 Å². The third kappa shape index (κ3) is 2.75. The van der Waals surface area contributed by atoms with Crippen LogP contribution in [-0.4, -0.2) is 23.1 Å². The summed E-state index contributed by atoms with van der Waals surface area (Å²) in [5.41, 5.74) is 1.20. The highest BCUT2D eigenvalue weighted by Gasteiger charge is 2.17. The van der Waals surface area contributed by atoms with Gasteiger partial charge in [-0.15, -0.1) is 0 Å². The maximum atomic E-state index is 4.65. The van der Waals surface area contributed by atoms with E-state index in [0.717, 1.165) is 31.8 Å². The summed E-state index contributed by atoms with van der Waals surface area (Å²) in [6, 6.07) is 2.04. The van der Waals surface area contributed by atoms with E-state index in [-0.39, 0.29) is 0 Å². The number of rotatable bonds is 3. The van der Waals surface area contributed by atoms with Crippen molar-refractivity contribution < 1.29 is 0 Å². The molecule has 0 amide bonds. The van der Waals surface area contributed by atoms with Crippen molar-refractivity contribution in [1.82, 2.24) is 15.3 Å². The first kappa shape index (κ1) is 10.6. The van der Waals surface area contributed by atoms with Crippen LogP contribution in [0.3, 0.4) is 0 Å². The molecule has 1 fully saturated rings. The molecule has 0 aromatic carbocycles. The van der Waals surface area contributed by atoms with Crippen LogP contribution < -0.4 is 5.32 Å². The summed E-state index contributed by atoms with van der Waals surface area (Å²) >= 11 is 0. The van der Waals surface area contributed by atoms with Gasteiger partial charge in [0.05, 0.1) is 0 Å². The molecule has 82 valence electrons. The lowest BCUT2D eigenvalue weighted by Gasteiger charge is -2.21. The van der Waals surface area contributed by atoms with Gasteiger partial charge >= 0.3 is 0 Å². The van der Waals surface area contributed by atoms with Gasteiger partial charge in [0.25, 0.3) is 0 Å². The Labute approximate surface area is 91.3 Å². The first-order chi connectivity index (χ1) is 7.40. The fourth-order valence-corrected chi connectivity index (χ4v) is 2.09. The van der Waals surface area contributed by atoms with Gasteiger partial charge in [0.15, 0.2) is 0 Å². The summed E-state index contributed by atoms with van der Waals surface area (Å²) in [7, 11) is 0. The lowest BCUT2D eigenvalue weighted by Crippen LogP contribution is -2.27. The first-order valence-corrected chi connectivity index (χ1v) is 5.92. The van der Waals surface area contributed by atoms with Crippen LogP contribution in [0.2, 0.25) is 0 Å². The third-order valence-electron chi connectivity index (χ3n) is 2.94. The molecule has 3 heteroatoms. The Morgan fingerprint density at radius 3 is 2.93 bits per heavy atom. The zero-order valence-corrected chi connectivity index (χ0v) is 9.37. The van der Waals surface area contributed by atoms with Gasteiger partial charge in [-0.05, 0) is 38.4 Å². The van der Waals surface area contributed by atoms with E-state index in [1.54, 1.807) is 0 Å². The number of nitrogens with one attached hydrogen (secondary N) is 1. The quantitative estimate of drug-likeness (QED) is 0.819. The van der Waals surface area contributed by atoms with E-state index in [0.29, 0.717) is 5.92 Å². The van der Waals surface area contributed by atoms with E-state index >= 15 is 0 Å². The number of hydrogen-bond donors (Lipinski definition) is 1. The minimum Gasteiger partial charge on any atom is -0.317 e. The highest BCUT2D eigenvalue weighted by Crippen LogP contribution is 2.21. The summed E-state index contributed by atoms with van der Waals surface area (Å²) in [4.78, 5) is 9.05. The van der Waals surface area contributed by atoms with E-state index < -0.39 is 0 Å². The predicted molar refractivity (Wildman–Crippen MR) is 60.9 cm³/mol. The maximum Gasteiger partial charge on any atom is 0.131 e. The molecule has 2 heterocycles. The van der Waals surface area contributed by atoms with Crippen molar-refractivity contribution in [3.63, 3.8) is 0 Å². The normalized spacial score (nSPS) is 17.9. The molecule has 1 aromatic heterocycles. The average Bonchev–Trinajstić information content (AvgIpc) is 2.31. The van der Waals surface area contributed by atoms with Crippen LogP contribution in [0, 0.1) is 0 Å². The van der Waals surface area contributed by atoms with Gasteiger partial charge in [-0.3, -0.25) is 0 Å². The van der Waals surface area contributed by atoms with Crippen LogP contribution in [-0.2, 0) is 6.42 Å². The molecular weight excluding hydrogens is 186 g/mol. The largest absolute Gasteiger partial charge is 0.317 e. The zero-order valence-electron chi connectivity index (χ0n) is 9.37. The van der Waals surface area contributed by atoms with Crippen LogP contribution >= 0.6 is 0 Å². The topological polar surface area (TPSA) is 37.8 Å². The Morgan fingerprint density at radius 1 is 1.40 bits per heavy atom. The molecule has 1 saturated heterocycles. The number of hydrogen-bond acceptors (Lipinski definition) is 3. The minimum atomic E-state index is 0.572. The molecule has 15 heavy (non-hydrogen) atoms. The standard InChI is InChI=1S/C12H19N3/c1-2-3-11-6-9-14-12(15-11)10-4-7-13-8-5-10/h6,9-10,13H,2-5,7-8H2,1H3. The van der Waals surface area contributed by atoms with Crippen molar-refractivity contribution in [2.45, 2.75) is 38.5 Å². The van der Waals surface area contributed by atoms with E-state index in [4.69, 9.17) is 0 Å². The molecule has 0 radical (unpaired) electrons. The second-order valence-electron chi connectivity index (χ2n) is 4.18. The molecular formula is C12H19N3. The van der Waals surface area contributed by atoms with Gasteiger partial charge in [0, 0.05) is 17.8 Å². The maximum absolute atomic E-state index is 4.65. The lowest BCUT2D eigenvalue weighted by atomic mass is 9.97. The summed E-state index contributed by atoms with van der Waals surface area (Å²) in [5, 5.41) is 3.37. The molecule has 0 unspecified atom stereocenters. The number of nitrogens with zero attached hydrogens (tertiary/aromatic N) is 2. The molecule has 1 N–H and O–H groups in total. The summed E-state index contributed by atoms with van der Waals surface area (Å²) in [5.74, 6) is 1.63. The fraction of sp³-hybridized carbons (Fsp3) is 0.667. The smallest absolute Gasteiger partial charge is 0.131 e. The summed E-state index contributed by atoms with van der Waals surface area (Å²) in [6.07, 6.45) is 6.49. The molecule has 0 spiro atoms. The molecule has 3 nitrogen and oxygen atoms in total. The van der Waals surface area contributed by atoms with Crippen molar-refractivity contribution in [3.8, 4) is 0 Å². The molecule has 2 rings (SSSR count). The van der Waals surface area contributed by atoms with E-state index in [1.165, 1.54) is 18.5 Å². The predicted octanol–water partition coefficient (Wildman–Crippen LogP) is 1.90. The van der Waals surface area contributed by atoms with Gasteiger partial charge in [0.1, 0.15) is 5.82 Å². The highest BCUT2D eigenvalue weighted by molar-refractivity contribution is 5.06. The van der Waals surface area contributed by atoms with Crippen LogP contribution in [0.1, 0.15) is 43.6 Å². The van der Waals surface area contributed by atoms with Crippen molar-refractivity contribution in [2.24, 2.45) is 0 Å². The SMILES string of the molecule is CCCc1ccnc(C2CCNCC2)n1. The Balaban J connectivity index is 2.09. The van der Waals surface area contributed by atoms with Crippen LogP contribution in [0.5, 0.6) is 0 Å². The van der Waals surface area contributed by atoms with Gasteiger partial charge in [-0.25, -0.2) is 9.97 Å². The third-order valence-corrected chi connectivity index (χ3v) is 2.94. The van der Waals surface area contributed by atoms with Crippen LogP contribution in [0.15, 0.2) is 12.3 Å². The first-order valence-electron chi connectivity index (χ1n) is 5.92. The van der Waals surface area contributed by atoms with Crippen LogP contribution in [0.25, 0.3) is 0 Å². The monoisotopic (exact) mass is 205 g/mol. The molecule has 1 aliphatic rings. The highest BCUT2D eigenvalue weighted by atomic mass is 14.9. The Morgan fingerprint density at radius 2 is 2.20 bits per heavy atom. The van der Waals surface area contributed by atoms with Gasteiger partial charge in [-0.1, -0.05) is 13.3 Å². The van der Waals surface area contributed by atoms with Crippen molar-refractivity contribution in [3.05, 3.63) is 23.8 Å². The number of aromatic nitrogens is 2. The second-order valence-corrected chi connectivity index (χ2v) is 4.18. The number of piperidine rings is 1. The second kappa shape index (κ2) is 5.21. The van der Waals surface area contributed by atoms with Crippen molar-refractivity contribution in [1.29, 1.82) is 0 Å². The number of aryl methyl sites for hydroxylation is 1. The van der Waals surface area contributed by atoms with Gasteiger partial charge < -0.3 is 5.32 Å². The van der Waals surface area contributed by atoms with Gasteiger partial charge in [0.2, 0.25) is 0 Å². The molecule has 1 aromatic rings. The van der Waals surface area contributed by atoms with Crippen molar-refractivity contribution >= 4 is 0 Å². The summed E-state index contributed by atoms with van der Waals surface area (Å²) < 4.78 is 0. The Bertz CT molecular complexity index is 305. The lowest BCUT2D eigenvalue weighted by molar-refractivity contribution is 0.443. The van der Waals surface area contributed by atoms with E-state index in [1.807, 2.05) is 12.3 Å². The van der Waals surface area contributed by atoms with E-state index in [9.17, 15) is 0 Å². The minimum absolute atomic E-state index is 0.572. The molecule has 1 aliphatic heterocycles. The van der Waals surface area contributed by atoms with Gasteiger partial charge in [-0.2, -0.15) is 0 Å². The molecule has 0 atom stereocenters. The fourth-order valence-electron chi connectivity index (χ4n) is 2.09. The molecule has 0 aliphatic carbocycles. The Kier molecular flexibility index (Phi) is 3.67. The zero-order chi connectivity index (χ0) is 10.5.